The van der Waals surface area contributed by atoms with Crippen molar-refractivity contribution in [2.24, 2.45) is 0 Å². The maximum absolute atomic E-state index is 14.1. The number of anilines is 2. The Morgan fingerprint density at radius 2 is 1.82 bits per heavy atom. The third-order valence-electron chi connectivity index (χ3n) is 4.62. The van der Waals surface area contributed by atoms with Crippen LogP contribution in [-0.2, 0) is 0 Å². The molecule has 0 aliphatic carbocycles. The normalized spacial score (nSPS) is 14.1. The Morgan fingerprint density at radius 3 is 2.43 bits per heavy atom. The molecule has 3 rings (SSSR count). The Balaban J connectivity index is 1.64. The quantitative estimate of drug-likeness (QED) is 0.655. The summed E-state index contributed by atoms with van der Waals surface area (Å²) in [5, 5.41) is 11.8. The molecule has 1 aliphatic heterocycles. The first-order valence-electron chi connectivity index (χ1n) is 8.56. The fraction of sp³-hybridized carbons (Fsp3) is 0.263. The molecule has 0 atom stereocenters. The second kappa shape index (κ2) is 8.40. The van der Waals surface area contributed by atoms with Crippen molar-refractivity contribution in [3.63, 3.8) is 0 Å². The van der Waals surface area contributed by atoms with Gasteiger partial charge in [0, 0.05) is 36.3 Å². The zero-order chi connectivity index (χ0) is 20.4. The molecule has 1 aliphatic rings. The van der Waals surface area contributed by atoms with Gasteiger partial charge in [-0.2, -0.15) is 0 Å². The first kappa shape index (κ1) is 20.5. The second-order valence-electron chi connectivity index (χ2n) is 6.43. The van der Waals surface area contributed by atoms with Crippen LogP contribution in [0.1, 0.15) is 15.9 Å². The molecule has 0 unspecified atom stereocenters. The number of carboxylic acid groups (broad SMARTS) is 1. The largest absolute Gasteiger partial charge is 0.478 e. The lowest BCUT2D eigenvalue weighted by Gasteiger charge is -2.38. The molecule has 1 saturated heterocycles. The van der Waals surface area contributed by atoms with Crippen LogP contribution in [0, 0.1) is 18.6 Å². The van der Waals surface area contributed by atoms with Gasteiger partial charge in [-0.1, -0.05) is 15.9 Å². The number of hydrogen-bond donors (Lipinski definition) is 2. The average molecular weight is 470 g/mol. The molecule has 2 aromatic carbocycles. The van der Waals surface area contributed by atoms with Crippen LogP contribution in [0.5, 0.6) is 0 Å². The van der Waals surface area contributed by atoms with E-state index in [1.54, 1.807) is 0 Å². The zero-order valence-corrected chi connectivity index (χ0v) is 17.4. The van der Waals surface area contributed by atoms with E-state index in [1.165, 1.54) is 11.6 Å². The van der Waals surface area contributed by atoms with Crippen LogP contribution in [0.25, 0.3) is 0 Å². The summed E-state index contributed by atoms with van der Waals surface area (Å²) in [6.45, 7) is 4.77. The zero-order valence-electron chi connectivity index (χ0n) is 15.0. The van der Waals surface area contributed by atoms with Gasteiger partial charge in [0.2, 0.25) is 0 Å². The topological polar surface area (TPSA) is 55.8 Å². The summed E-state index contributed by atoms with van der Waals surface area (Å²) < 4.78 is 29.0. The summed E-state index contributed by atoms with van der Waals surface area (Å²) in [5.41, 5.74) is 1.42. The van der Waals surface area contributed by atoms with Gasteiger partial charge in [0.05, 0.1) is 11.3 Å². The number of piperazine rings is 1. The predicted octanol–water partition coefficient (Wildman–Crippen LogP) is 4.25. The Kier molecular flexibility index (Phi) is 6.14. The number of halogens is 3. The van der Waals surface area contributed by atoms with Crippen molar-refractivity contribution < 1.29 is 18.7 Å². The molecular weight excluding hydrogens is 452 g/mol. The predicted molar refractivity (Wildman–Crippen MR) is 112 cm³/mol. The lowest BCUT2D eigenvalue weighted by atomic mass is 10.1. The Labute approximate surface area is 175 Å². The monoisotopic (exact) mass is 469 g/mol. The van der Waals surface area contributed by atoms with E-state index < -0.39 is 23.2 Å². The minimum atomic E-state index is -1.52. The second-order valence-corrected chi connectivity index (χ2v) is 7.73. The maximum atomic E-state index is 14.1. The number of aromatic carboxylic acids is 1. The van der Waals surface area contributed by atoms with Crippen molar-refractivity contribution in [3.8, 4) is 0 Å². The molecule has 0 radical (unpaired) electrons. The number of thiocarbonyl (C=S) groups is 1. The Hall–Kier alpha value is -2.26. The highest BCUT2D eigenvalue weighted by atomic mass is 79.9. The summed E-state index contributed by atoms with van der Waals surface area (Å²) >= 11 is 8.79. The van der Waals surface area contributed by atoms with E-state index in [0.29, 0.717) is 13.1 Å². The number of carboxylic acids is 1. The molecule has 1 fully saturated rings. The average Bonchev–Trinajstić information content (AvgIpc) is 2.65. The van der Waals surface area contributed by atoms with E-state index >= 15 is 0 Å². The van der Waals surface area contributed by atoms with Crippen molar-refractivity contribution in [2.75, 3.05) is 36.4 Å². The molecule has 1 heterocycles. The highest BCUT2D eigenvalue weighted by molar-refractivity contribution is 9.10. The fourth-order valence-electron chi connectivity index (χ4n) is 3.13. The van der Waals surface area contributed by atoms with Gasteiger partial charge in [-0.3, -0.25) is 0 Å². The van der Waals surface area contributed by atoms with Crippen LogP contribution in [0.15, 0.2) is 34.8 Å². The molecule has 9 heteroatoms. The van der Waals surface area contributed by atoms with Gasteiger partial charge < -0.3 is 20.2 Å². The van der Waals surface area contributed by atoms with Crippen molar-refractivity contribution >= 4 is 50.6 Å². The van der Waals surface area contributed by atoms with Crippen molar-refractivity contribution in [1.82, 2.24) is 4.90 Å². The lowest BCUT2D eigenvalue weighted by molar-refractivity contribution is 0.0690. The van der Waals surface area contributed by atoms with Crippen LogP contribution in [-0.4, -0.2) is 47.3 Å². The molecule has 2 aromatic rings. The number of benzene rings is 2. The molecular formula is C19H18BrF2N3O2S. The summed E-state index contributed by atoms with van der Waals surface area (Å²) in [7, 11) is 0. The van der Waals surface area contributed by atoms with Gasteiger partial charge in [-0.25, -0.2) is 13.6 Å². The Morgan fingerprint density at radius 1 is 1.14 bits per heavy atom. The standard InChI is InChI=1S/C19H18BrF2N3O2S/c1-11-10-12(20)2-5-15(11)24-6-8-25(9-7-24)19(28)23-14-4-3-13(18(26)27)16(21)17(14)22/h2-5,10H,6-9H2,1H3,(H,23,28)(H,26,27). The summed E-state index contributed by atoms with van der Waals surface area (Å²) in [6, 6.07) is 8.31. The third kappa shape index (κ3) is 4.25. The molecule has 0 saturated carbocycles. The first-order valence-corrected chi connectivity index (χ1v) is 9.76. The summed E-state index contributed by atoms with van der Waals surface area (Å²) in [4.78, 5) is 15.0. The van der Waals surface area contributed by atoms with Gasteiger partial charge in [0.25, 0.3) is 0 Å². The highest BCUT2D eigenvalue weighted by Gasteiger charge is 2.23. The van der Waals surface area contributed by atoms with E-state index in [0.717, 1.165) is 29.3 Å². The van der Waals surface area contributed by atoms with E-state index in [9.17, 15) is 13.6 Å². The smallest absolute Gasteiger partial charge is 0.338 e. The van der Waals surface area contributed by atoms with Crippen LogP contribution in [0.3, 0.4) is 0 Å². The molecule has 5 nitrogen and oxygen atoms in total. The Bertz CT molecular complexity index is 934. The van der Waals surface area contributed by atoms with Crippen molar-refractivity contribution in [3.05, 3.63) is 57.6 Å². The molecule has 28 heavy (non-hydrogen) atoms. The fourth-order valence-corrected chi connectivity index (χ4v) is 3.90. The minimum absolute atomic E-state index is 0.182. The molecule has 0 amide bonds. The van der Waals surface area contributed by atoms with Gasteiger partial charge in [0.1, 0.15) is 0 Å². The number of nitrogens with one attached hydrogen (secondary N) is 1. The number of carbonyl (C=O) groups is 1. The number of nitrogens with zero attached hydrogens (tertiary/aromatic N) is 2. The SMILES string of the molecule is Cc1cc(Br)ccc1N1CCN(C(=S)Nc2ccc(C(=O)O)c(F)c2F)CC1. The first-order chi connectivity index (χ1) is 13.3. The van der Waals surface area contributed by atoms with E-state index in [1.807, 2.05) is 11.0 Å². The van der Waals surface area contributed by atoms with Crippen LogP contribution in [0.2, 0.25) is 0 Å². The van der Waals surface area contributed by atoms with Crippen LogP contribution in [0.4, 0.5) is 20.2 Å². The van der Waals surface area contributed by atoms with Gasteiger partial charge in [-0.05, 0) is 55.0 Å². The van der Waals surface area contributed by atoms with Crippen molar-refractivity contribution in [1.29, 1.82) is 0 Å². The van der Waals surface area contributed by atoms with Crippen molar-refractivity contribution in [2.45, 2.75) is 6.92 Å². The summed E-state index contributed by atoms with van der Waals surface area (Å²) in [5.74, 6) is -4.19. The molecule has 0 aromatic heterocycles. The number of aryl methyl sites for hydroxylation is 1. The molecule has 148 valence electrons. The molecule has 0 bridgehead atoms. The number of hydrogen-bond acceptors (Lipinski definition) is 3. The van der Waals surface area contributed by atoms with Crippen LogP contribution >= 0.6 is 28.1 Å². The van der Waals surface area contributed by atoms with E-state index in [2.05, 4.69) is 45.2 Å². The molecule has 2 N–H and O–H groups in total. The lowest BCUT2D eigenvalue weighted by Crippen LogP contribution is -2.50. The van der Waals surface area contributed by atoms with Gasteiger partial charge in [-0.15, -0.1) is 0 Å². The number of rotatable bonds is 3. The van der Waals surface area contributed by atoms with Gasteiger partial charge in [0.15, 0.2) is 16.7 Å². The minimum Gasteiger partial charge on any atom is -0.478 e. The molecule has 0 spiro atoms. The third-order valence-corrected chi connectivity index (χ3v) is 5.47. The van der Waals surface area contributed by atoms with E-state index in [4.69, 9.17) is 17.3 Å². The maximum Gasteiger partial charge on any atom is 0.338 e. The highest BCUT2D eigenvalue weighted by Crippen LogP contribution is 2.25. The van der Waals surface area contributed by atoms with Crippen LogP contribution < -0.4 is 10.2 Å². The van der Waals surface area contributed by atoms with Gasteiger partial charge >= 0.3 is 5.97 Å². The summed E-state index contributed by atoms with van der Waals surface area (Å²) in [6.07, 6.45) is 0. The van der Waals surface area contributed by atoms with E-state index in [-0.39, 0.29) is 10.8 Å².